The second-order valence-corrected chi connectivity index (χ2v) is 8.69. The fourth-order valence-corrected chi connectivity index (χ4v) is 3.46. The molecule has 0 aliphatic heterocycles. The highest BCUT2D eigenvalue weighted by Gasteiger charge is 2.04. The van der Waals surface area contributed by atoms with Gasteiger partial charge in [-0.05, 0) is 100 Å². The van der Waals surface area contributed by atoms with E-state index in [1.807, 2.05) is 0 Å². The molecule has 0 atom stereocenters. The number of aliphatic imine (C=N–C) groups is 2. The van der Waals surface area contributed by atoms with Crippen molar-refractivity contribution in [2.45, 2.75) is 86.5 Å². The first-order chi connectivity index (χ1) is 14.9. The molecule has 0 radical (unpaired) electrons. The lowest BCUT2D eigenvalue weighted by atomic mass is 10.1. The van der Waals surface area contributed by atoms with E-state index in [0.29, 0.717) is 0 Å². The summed E-state index contributed by atoms with van der Waals surface area (Å²) in [7, 11) is 0. The molecule has 2 rings (SSSR count). The first kappa shape index (κ1) is 24.8. The lowest BCUT2D eigenvalue weighted by Crippen LogP contribution is -2.07. The van der Waals surface area contributed by atoms with Crippen molar-refractivity contribution in [2.75, 3.05) is 0 Å². The molecule has 0 N–H and O–H groups in total. The van der Waals surface area contributed by atoms with Crippen LogP contribution in [0.1, 0.15) is 81.0 Å². The van der Waals surface area contributed by atoms with Crippen molar-refractivity contribution < 1.29 is 0 Å². The van der Waals surface area contributed by atoms with Crippen molar-refractivity contribution in [3.8, 4) is 0 Å². The summed E-state index contributed by atoms with van der Waals surface area (Å²) in [6.45, 7) is 12.9. The van der Waals surface area contributed by atoms with E-state index in [2.05, 4.69) is 90.1 Å². The smallest absolute Gasteiger partial charge is 0.0845 e. The van der Waals surface area contributed by atoms with Crippen LogP contribution in [0.15, 0.2) is 58.5 Å². The van der Waals surface area contributed by atoms with Gasteiger partial charge in [0.15, 0.2) is 0 Å². The molecule has 0 amide bonds. The molecule has 0 aliphatic carbocycles. The van der Waals surface area contributed by atoms with Crippen LogP contribution in [0.2, 0.25) is 0 Å². The first-order valence-corrected chi connectivity index (χ1v) is 11.9. The SMILES string of the molecule is CCCCCCCCC=CC(=Nc1ccc(C)c(C)c1)C(C)=Nc1ccc(C)c(C)c1. The summed E-state index contributed by atoms with van der Waals surface area (Å²) in [5, 5.41) is 0. The molecule has 0 aromatic heterocycles. The molecular formula is C29H40N2. The van der Waals surface area contributed by atoms with Crippen molar-refractivity contribution in [1.82, 2.24) is 0 Å². The molecule has 0 saturated heterocycles. The zero-order valence-corrected chi connectivity index (χ0v) is 20.5. The molecule has 0 aliphatic rings. The Kier molecular flexibility index (Phi) is 10.4. The summed E-state index contributed by atoms with van der Waals surface area (Å²) >= 11 is 0. The van der Waals surface area contributed by atoms with Crippen LogP contribution < -0.4 is 0 Å². The van der Waals surface area contributed by atoms with E-state index in [1.165, 1.54) is 60.8 Å². The number of allylic oxidation sites excluding steroid dienone is 2. The molecule has 0 spiro atoms. The van der Waals surface area contributed by atoms with Gasteiger partial charge in [-0.15, -0.1) is 0 Å². The number of unbranched alkanes of at least 4 members (excludes halogenated alkanes) is 6. The van der Waals surface area contributed by atoms with Crippen LogP contribution in [0.3, 0.4) is 0 Å². The van der Waals surface area contributed by atoms with Crippen LogP contribution in [0.5, 0.6) is 0 Å². The number of rotatable bonds is 11. The van der Waals surface area contributed by atoms with E-state index >= 15 is 0 Å². The number of hydrogen-bond acceptors (Lipinski definition) is 2. The zero-order chi connectivity index (χ0) is 22.6. The van der Waals surface area contributed by atoms with Crippen molar-refractivity contribution in [2.24, 2.45) is 9.98 Å². The predicted octanol–water partition coefficient (Wildman–Crippen LogP) is 9.09. The van der Waals surface area contributed by atoms with Crippen molar-refractivity contribution in [3.63, 3.8) is 0 Å². The summed E-state index contributed by atoms with van der Waals surface area (Å²) in [6, 6.07) is 12.7. The van der Waals surface area contributed by atoms with E-state index in [1.54, 1.807) is 0 Å². The predicted molar refractivity (Wildman–Crippen MR) is 139 cm³/mol. The van der Waals surface area contributed by atoms with Crippen LogP contribution in [0.25, 0.3) is 0 Å². The first-order valence-electron chi connectivity index (χ1n) is 11.9. The Bertz CT molecular complexity index is 932. The molecular weight excluding hydrogens is 376 g/mol. The van der Waals surface area contributed by atoms with Gasteiger partial charge in [0.2, 0.25) is 0 Å². The van der Waals surface area contributed by atoms with Crippen LogP contribution in [-0.2, 0) is 0 Å². The van der Waals surface area contributed by atoms with Gasteiger partial charge in [-0.2, -0.15) is 0 Å². The number of benzene rings is 2. The molecule has 2 heteroatoms. The number of aryl methyl sites for hydroxylation is 4. The molecule has 0 bridgehead atoms. The van der Waals surface area contributed by atoms with Crippen molar-refractivity contribution in [1.29, 1.82) is 0 Å². The maximum Gasteiger partial charge on any atom is 0.0845 e. The van der Waals surface area contributed by atoms with E-state index in [4.69, 9.17) is 9.98 Å². The lowest BCUT2D eigenvalue weighted by molar-refractivity contribution is 0.611. The van der Waals surface area contributed by atoms with Crippen LogP contribution in [-0.4, -0.2) is 11.4 Å². The minimum Gasteiger partial charge on any atom is -0.252 e. The molecule has 0 unspecified atom stereocenters. The fourth-order valence-electron chi connectivity index (χ4n) is 3.46. The third kappa shape index (κ3) is 8.65. The maximum atomic E-state index is 4.95. The van der Waals surface area contributed by atoms with Gasteiger partial charge in [-0.25, -0.2) is 4.99 Å². The molecule has 2 aromatic rings. The van der Waals surface area contributed by atoms with Gasteiger partial charge in [0, 0.05) is 0 Å². The largest absolute Gasteiger partial charge is 0.252 e. The van der Waals surface area contributed by atoms with Crippen molar-refractivity contribution >= 4 is 22.8 Å². The van der Waals surface area contributed by atoms with Gasteiger partial charge in [-0.3, -0.25) is 4.99 Å². The second-order valence-electron chi connectivity index (χ2n) is 8.69. The Morgan fingerprint density at radius 3 is 1.84 bits per heavy atom. The molecule has 0 heterocycles. The average molecular weight is 417 g/mol. The summed E-state index contributed by atoms with van der Waals surface area (Å²) < 4.78 is 0. The van der Waals surface area contributed by atoms with Gasteiger partial charge in [-0.1, -0.05) is 57.2 Å². The van der Waals surface area contributed by atoms with Crippen molar-refractivity contribution in [3.05, 3.63) is 70.8 Å². The maximum absolute atomic E-state index is 4.95. The van der Waals surface area contributed by atoms with E-state index < -0.39 is 0 Å². The van der Waals surface area contributed by atoms with Crippen LogP contribution >= 0.6 is 0 Å². The fraction of sp³-hybridized carbons (Fsp3) is 0.448. The summed E-state index contributed by atoms with van der Waals surface area (Å²) in [6.07, 6.45) is 13.4. The second kappa shape index (κ2) is 13.0. The molecule has 31 heavy (non-hydrogen) atoms. The Morgan fingerprint density at radius 2 is 1.26 bits per heavy atom. The third-order valence-electron chi connectivity index (χ3n) is 5.90. The Balaban J connectivity index is 2.19. The molecule has 0 saturated carbocycles. The highest BCUT2D eigenvalue weighted by atomic mass is 14.8. The molecule has 166 valence electrons. The zero-order valence-electron chi connectivity index (χ0n) is 20.5. The molecule has 2 nitrogen and oxygen atoms in total. The standard InChI is InChI=1S/C29H40N2/c1-7-8-9-10-11-12-13-14-15-29(31-28-19-17-23(3)25(5)21-28)26(6)30-27-18-16-22(2)24(4)20-27/h14-21H,7-13H2,1-6H3. The topological polar surface area (TPSA) is 24.7 Å². The van der Waals surface area contributed by atoms with Gasteiger partial charge >= 0.3 is 0 Å². The Hall–Kier alpha value is -2.48. The van der Waals surface area contributed by atoms with E-state index in [0.717, 1.165) is 29.2 Å². The normalized spacial score (nSPS) is 12.7. The number of nitrogens with zero attached hydrogens (tertiary/aromatic N) is 2. The highest BCUT2D eigenvalue weighted by molar-refractivity contribution is 6.46. The van der Waals surface area contributed by atoms with Gasteiger partial charge in [0.1, 0.15) is 0 Å². The van der Waals surface area contributed by atoms with Gasteiger partial charge in [0.05, 0.1) is 22.8 Å². The Labute approximate surface area is 190 Å². The van der Waals surface area contributed by atoms with E-state index in [9.17, 15) is 0 Å². The quantitative estimate of drug-likeness (QED) is 0.258. The lowest BCUT2D eigenvalue weighted by Gasteiger charge is -2.06. The molecule has 0 fully saturated rings. The summed E-state index contributed by atoms with van der Waals surface area (Å²) in [5.74, 6) is 0. The monoisotopic (exact) mass is 416 g/mol. The average Bonchev–Trinajstić information content (AvgIpc) is 2.74. The number of hydrogen-bond donors (Lipinski definition) is 0. The van der Waals surface area contributed by atoms with E-state index in [-0.39, 0.29) is 0 Å². The minimum atomic E-state index is 0.937. The van der Waals surface area contributed by atoms with Gasteiger partial charge in [0.25, 0.3) is 0 Å². The summed E-state index contributed by atoms with van der Waals surface area (Å²) in [5.41, 5.74) is 8.96. The third-order valence-corrected chi connectivity index (χ3v) is 5.90. The van der Waals surface area contributed by atoms with Gasteiger partial charge < -0.3 is 0 Å². The highest BCUT2D eigenvalue weighted by Crippen LogP contribution is 2.20. The Morgan fingerprint density at radius 1 is 0.710 bits per heavy atom. The summed E-state index contributed by atoms with van der Waals surface area (Å²) in [4.78, 5) is 9.83. The van der Waals surface area contributed by atoms with Crippen LogP contribution in [0, 0.1) is 27.7 Å². The molecule has 2 aromatic carbocycles. The minimum absolute atomic E-state index is 0.937. The van der Waals surface area contributed by atoms with Crippen LogP contribution in [0.4, 0.5) is 11.4 Å².